The summed E-state index contributed by atoms with van der Waals surface area (Å²) in [6.45, 7) is 5.27. The summed E-state index contributed by atoms with van der Waals surface area (Å²) in [6, 6.07) is 1.36. The lowest BCUT2D eigenvalue weighted by Crippen LogP contribution is -2.28. The van der Waals surface area contributed by atoms with Crippen LogP contribution in [0.15, 0.2) is 10.8 Å². The highest BCUT2D eigenvalue weighted by Crippen LogP contribution is 2.32. The second-order valence-electron chi connectivity index (χ2n) is 5.27. The predicted molar refractivity (Wildman–Crippen MR) is 80.5 cm³/mol. The van der Waals surface area contributed by atoms with Crippen molar-refractivity contribution in [3.05, 3.63) is 10.8 Å². The standard InChI is InChI=1S/C13H20BrN5/c1-2-15-12-11(14)13(17-8-16-12)18-9-5-6-19(7-9)10-3-4-10/h8-10H,2-7H2,1H3,(H2,15,16,17,18). The summed E-state index contributed by atoms with van der Waals surface area (Å²) >= 11 is 3.58. The van der Waals surface area contributed by atoms with Gasteiger partial charge in [0.2, 0.25) is 0 Å². The molecule has 104 valence electrons. The first-order chi connectivity index (χ1) is 9.28. The third-order valence-corrected chi connectivity index (χ3v) is 4.51. The molecule has 0 radical (unpaired) electrons. The fourth-order valence-electron chi connectivity index (χ4n) is 2.63. The highest BCUT2D eigenvalue weighted by Gasteiger charge is 2.34. The Kier molecular flexibility index (Phi) is 3.88. The summed E-state index contributed by atoms with van der Waals surface area (Å²) in [7, 11) is 0. The van der Waals surface area contributed by atoms with E-state index in [0.29, 0.717) is 6.04 Å². The van der Waals surface area contributed by atoms with Crippen LogP contribution in [0.5, 0.6) is 0 Å². The number of nitrogens with zero attached hydrogens (tertiary/aromatic N) is 3. The van der Waals surface area contributed by atoms with Gasteiger partial charge < -0.3 is 10.6 Å². The summed E-state index contributed by atoms with van der Waals surface area (Å²) in [4.78, 5) is 11.2. The van der Waals surface area contributed by atoms with Crippen LogP contribution in [-0.2, 0) is 0 Å². The van der Waals surface area contributed by atoms with Gasteiger partial charge in [0.1, 0.15) is 22.4 Å². The van der Waals surface area contributed by atoms with Gasteiger partial charge in [0, 0.05) is 31.7 Å². The molecule has 1 aliphatic heterocycles. The summed E-state index contributed by atoms with van der Waals surface area (Å²) in [5, 5.41) is 6.77. The maximum absolute atomic E-state index is 4.34. The van der Waals surface area contributed by atoms with Crippen LogP contribution in [0.25, 0.3) is 0 Å². The Labute approximate surface area is 122 Å². The maximum atomic E-state index is 4.34. The monoisotopic (exact) mass is 325 g/mol. The number of likely N-dealkylation sites (tertiary alicyclic amines) is 1. The molecule has 0 aromatic carbocycles. The van der Waals surface area contributed by atoms with Crippen LogP contribution in [0, 0.1) is 0 Å². The van der Waals surface area contributed by atoms with E-state index in [1.54, 1.807) is 6.33 Å². The van der Waals surface area contributed by atoms with E-state index < -0.39 is 0 Å². The number of hydrogen-bond donors (Lipinski definition) is 2. The van der Waals surface area contributed by atoms with Gasteiger partial charge in [-0.25, -0.2) is 9.97 Å². The molecule has 0 bridgehead atoms. The van der Waals surface area contributed by atoms with Crippen LogP contribution in [-0.4, -0.2) is 46.6 Å². The molecule has 1 saturated heterocycles. The highest BCUT2D eigenvalue weighted by molar-refractivity contribution is 9.10. The molecule has 1 aromatic rings. The molecule has 1 atom stereocenters. The van der Waals surface area contributed by atoms with E-state index in [2.05, 4.69) is 48.4 Å². The van der Waals surface area contributed by atoms with Crippen molar-refractivity contribution in [1.82, 2.24) is 14.9 Å². The van der Waals surface area contributed by atoms with E-state index in [1.807, 2.05) is 0 Å². The first-order valence-electron chi connectivity index (χ1n) is 7.03. The van der Waals surface area contributed by atoms with Crippen molar-refractivity contribution >= 4 is 27.6 Å². The van der Waals surface area contributed by atoms with E-state index in [0.717, 1.165) is 35.2 Å². The molecule has 19 heavy (non-hydrogen) atoms. The van der Waals surface area contributed by atoms with E-state index in [1.165, 1.54) is 25.8 Å². The van der Waals surface area contributed by atoms with Crippen LogP contribution < -0.4 is 10.6 Å². The highest BCUT2D eigenvalue weighted by atomic mass is 79.9. The van der Waals surface area contributed by atoms with Crippen molar-refractivity contribution in [2.45, 2.75) is 38.3 Å². The van der Waals surface area contributed by atoms with E-state index >= 15 is 0 Å². The van der Waals surface area contributed by atoms with Crippen molar-refractivity contribution in [3.8, 4) is 0 Å². The number of nitrogens with one attached hydrogen (secondary N) is 2. The Morgan fingerprint density at radius 1 is 1.32 bits per heavy atom. The van der Waals surface area contributed by atoms with Gasteiger partial charge in [0.15, 0.2) is 0 Å². The molecular weight excluding hydrogens is 306 g/mol. The number of anilines is 2. The van der Waals surface area contributed by atoms with Crippen LogP contribution in [0.4, 0.5) is 11.6 Å². The average Bonchev–Trinajstić information content (AvgIpc) is 3.15. The van der Waals surface area contributed by atoms with Crippen LogP contribution in [0.3, 0.4) is 0 Å². The molecule has 2 heterocycles. The third-order valence-electron chi connectivity index (χ3n) is 3.76. The molecule has 0 amide bonds. The number of rotatable bonds is 5. The minimum Gasteiger partial charge on any atom is -0.369 e. The molecule has 5 nitrogen and oxygen atoms in total. The van der Waals surface area contributed by atoms with Crippen molar-refractivity contribution in [3.63, 3.8) is 0 Å². The van der Waals surface area contributed by atoms with Crippen molar-refractivity contribution in [2.24, 2.45) is 0 Å². The molecule has 0 spiro atoms. The topological polar surface area (TPSA) is 53.1 Å². The van der Waals surface area contributed by atoms with Crippen LogP contribution >= 0.6 is 15.9 Å². The Morgan fingerprint density at radius 2 is 2.11 bits per heavy atom. The molecule has 3 rings (SSSR count). The van der Waals surface area contributed by atoms with Gasteiger partial charge >= 0.3 is 0 Å². The Bertz CT molecular complexity index is 449. The fraction of sp³-hybridized carbons (Fsp3) is 0.692. The molecule has 1 unspecified atom stereocenters. The minimum absolute atomic E-state index is 0.501. The lowest BCUT2D eigenvalue weighted by molar-refractivity contribution is 0.326. The summed E-state index contributed by atoms with van der Waals surface area (Å²) in [5.41, 5.74) is 0. The van der Waals surface area contributed by atoms with Gasteiger partial charge in [-0.3, -0.25) is 4.90 Å². The van der Waals surface area contributed by atoms with Crippen LogP contribution in [0.2, 0.25) is 0 Å². The minimum atomic E-state index is 0.501. The normalized spacial score (nSPS) is 23.6. The van der Waals surface area contributed by atoms with Gasteiger partial charge in [-0.1, -0.05) is 0 Å². The molecule has 1 aromatic heterocycles. The van der Waals surface area contributed by atoms with Gasteiger partial charge in [-0.15, -0.1) is 0 Å². The lowest BCUT2D eigenvalue weighted by atomic mass is 10.2. The van der Waals surface area contributed by atoms with Crippen LogP contribution in [0.1, 0.15) is 26.2 Å². The summed E-state index contributed by atoms with van der Waals surface area (Å²) in [6.07, 6.45) is 5.57. The fourth-order valence-corrected chi connectivity index (χ4v) is 3.09. The summed E-state index contributed by atoms with van der Waals surface area (Å²) in [5.74, 6) is 1.76. The van der Waals surface area contributed by atoms with E-state index in [4.69, 9.17) is 0 Å². The van der Waals surface area contributed by atoms with Gasteiger partial charge in [0.25, 0.3) is 0 Å². The Morgan fingerprint density at radius 3 is 2.84 bits per heavy atom. The average molecular weight is 326 g/mol. The molecule has 1 saturated carbocycles. The zero-order valence-electron chi connectivity index (χ0n) is 11.2. The quantitative estimate of drug-likeness (QED) is 0.870. The second-order valence-corrected chi connectivity index (χ2v) is 6.06. The number of halogens is 1. The second kappa shape index (κ2) is 5.63. The van der Waals surface area contributed by atoms with Crippen molar-refractivity contribution < 1.29 is 0 Å². The largest absolute Gasteiger partial charge is 0.369 e. The predicted octanol–water partition coefficient (Wildman–Crippen LogP) is 2.32. The molecule has 6 heteroatoms. The smallest absolute Gasteiger partial charge is 0.146 e. The molecule has 2 fully saturated rings. The lowest BCUT2D eigenvalue weighted by Gasteiger charge is -2.17. The van der Waals surface area contributed by atoms with Gasteiger partial charge in [-0.2, -0.15) is 0 Å². The molecular formula is C13H20BrN5. The van der Waals surface area contributed by atoms with Crippen molar-refractivity contribution in [1.29, 1.82) is 0 Å². The van der Waals surface area contributed by atoms with Gasteiger partial charge in [0.05, 0.1) is 0 Å². The van der Waals surface area contributed by atoms with E-state index in [-0.39, 0.29) is 0 Å². The first-order valence-corrected chi connectivity index (χ1v) is 7.82. The first kappa shape index (κ1) is 13.1. The SMILES string of the molecule is CCNc1ncnc(NC2CCN(C3CC3)C2)c1Br. The third kappa shape index (κ3) is 3.00. The van der Waals surface area contributed by atoms with Crippen molar-refractivity contribution in [2.75, 3.05) is 30.3 Å². The molecule has 2 aliphatic rings. The summed E-state index contributed by atoms with van der Waals surface area (Å²) < 4.78 is 0.932. The van der Waals surface area contributed by atoms with Gasteiger partial charge in [-0.05, 0) is 42.1 Å². The number of aromatic nitrogens is 2. The maximum Gasteiger partial charge on any atom is 0.146 e. The zero-order chi connectivity index (χ0) is 13.2. The number of hydrogen-bond acceptors (Lipinski definition) is 5. The zero-order valence-corrected chi connectivity index (χ0v) is 12.8. The Hall–Kier alpha value is -0.880. The van der Waals surface area contributed by atoms with E-state index in [9.17, 15) is 0 Å². The molecule has 2 N–H and O–H groups in total. The molecule has 1 aliphatic carbocycles. The Balaban J connectivity index is 1.64.